The number of rotatable bonds is 6. The summed E-state index contributed by atoms with van der Waals surface area (Å²) >= 11 is 0. The molecule has 0 bridgehead atoms. The van der Waals surface area contributed by atoms with E-state index in [0.717, 1.165) is 18.4 Å². The molecule has 1 aliphatic rings. The number of carbonyl (C=O) groups excluding carboxylic acids is 2. The molecular formula is C15H22N4O2. The Morgan fingerprint density at radius 2 is 1.90 bits per heavy atom. The highest BCUT2D eigenvalue weighted by Crippen LogP contribution is 2.18. The molecule has 1 aliphatic carbocycles. The van der Waals surface area contributed by atoms with Crippen LogP contribution in [0.1, 0.15) is 31.4 Å². The van der Waals surface area contributed by atoms with E-state index in [2.05, 4.69) is 28.2 Å². The SMILES string of the molecule is CNC(C)c1ccc(NC(=O)NCC(=O)NC2CC2)cc1. The van der Waals surface area contributed by atoms with E-state index in [4.69, 9.17) is 0 Å². The first-order valence-corrected chi connectivity index (χ1v) is 7.20. The Bertz CT molecular complexity index is 497. The summed E-state index contributed by atoms with van der Waals surface area (Å²) < 4.78 is 0. The first-order valence-electron chi connectivity index (χ1n) is 7.20. The van der Waals surface area contributed by atoms with Crippen molar-refractivity contribution >= 4 is 17.6 Å². The fourth-order valence-corrected chi connectivity index (χ4v) is 1.86. The van der Waals surface area contributed by atoms with E-state index in [1.807, 2.05) is 31.3 Å². The molecule has 0 heterocycles. The van der Waals surface area contributed by atoms with Crippen LogP contribution in [0.4, 0.5) is 10.5 Å². The Labute approximate surface area is 124 Å². The topological polar surface area (TPSA) is 82.3 Å². The van der Waals surface area contributed by atoms with Gasteiger partial charge in [0, 0.05) is 17.8 Å². The first-order chi connectivity index (χ1) is 10.1. The second-order valence-electron chi connectivity index (χ2n) is 5.28. The molecule has 4 N–H and O–H groups in total. The van der Waals surface area contributed by atoms with Gasteiger partial charge in [-0.15, -0.1) is 0 Å². The van der Waals surface area contributed by atoms with Crippen LogP contribution in [0.3, 0.4) is 0 Å². The fraction of sp³-hybridized carbons (Fsp3) is 0.467. The van der Waals surface area contributed by atoms with E-state index in [0.29, 0.717) is 11.7 Å². The number of anilines is 1. The molecule has 1 aromatic rings. The van der Waals surface area contributed by atoms with Gasteiger partial charge >= 0.3 is 6.03 Å². The first kappa shape index (κ1) is 15.3. The minimum absolute atomic E-state index is 0.00277. The summed E-state index contributed by atoms with van der Waals surface area (Å²) in [6.07, 6.45) is 2.07. The normalized spacial score (nSPS) is 15.1. The van der Waals surface area contributed by atoms with Crippen LogP contribution < -0.4 is 21.3 Å². The lowest BCUT2D eigenvalue weighted by molar-refractivity contribution is -0.120. The monoisotopic (exact) mass is 290 g/mol. The van der Waals surface area contributed by atoms with Gasteiger partial charge in [-0.1, -0.05) is 12.1 Å². The maximum Gasteiger partial charge on any atom is 0.319 e. The highest BCUT2D eigenvalue weighted by molar-refractivity contribution is 5.92. The molecule has 1 unspecified atom stereocenters. The van der Waals surface area contributed by atoms with Crippen molar-refractivity contribution < 1.29 is 9.59 Å². The third-order valence-electron chi connectivity index (χ3n) is 3.45. The van der Waals surface area contributed by atoms with Gasteiger partial charge in [-0.2, -0.15) is 0 Å². The minimum Gasteiger partial charge on any atom is -0.352 e. The third-order valence-corrected chi connectivity index (χ3v) is 3.45. The summed E-state index contributed by atoms with van der Waals surface area (Å²) in [5, 5.41) is 11.2. The molecule has 0 aromatic heterocycles. The van der Waals surface area contributed by atoms with Gasteiger partial charge in [0.05, 0.1) is 6.54 Å². The number of carbonyl (C=O) groups is 2. The molecule has 6 heteroatoms. The van der Waals surface area contributed by atoms with Crippen molar-refractivity contribution in [3.63, 3.8) is 0 Å². The van der Waals surface area contributed by atoms with Crippen LogP contribution in [0.2, 0.25) is 0 Å². The number of hydrogen-bond acceptors (Lipinski definition) is 3. The Balaban J connectivity index is 1.75. The highest BCUT2D eigenvalue weighted by atomic mass is 16.2. The van der Waals surface area contributed by atoms with Crippen LogP contribution in [-0.2, 0) is 4.79 Å². The quantitative estimate of drug-likeness (QED) is 0.638. The molecule has 3 amide bonds. The second-order valence-corrected chi connectivity index (χ2v) is 5.28. The third kappa shape index (κ3) is 5.07. The van der Waals surface area contributed by atoms with Crippen molar-refractivity contribution in [2.24, 2.45) is 0 Å². The van der Waals surface area contributed by atoms with Crippen molar-refractivity contribution in [3.05, 3.63) is 29.8 Å². The van der Waals surface area contributed by atoms with Gasteiger partial charge in [-0.25, -0.2) is 4.79 Å². The average molecular weight is 290 g/mol. The molecule has 114 valence electrons. The molecule has 1 aromatic carbocycles. The lowest BCUT2D eigenvalue weighted by Crippen LogP contribution is -2.39. The summed E-state index contributed by atoms with van der Waals surface area (Å²) in [5.74, 6) is -0.147. The van der Waals surface area contributed by atoms with Gasteiger partial charge in [-0.3, -0.25) is 4.79 Å². The zero-order valence-corrected chi connectivity index (χ0v) is 12.4. The molecular weight excluding hydrogens is 268 g/mol. The zero-order valence-electron chi connectivity index (χ0n) is 12.4. The van der Waals surface area contributed by atoms with E-state index in [1.165, 1.54) is 0 Å². The van der Waals surface area contributed by atoms with E-state index in [1.54, 1.807) is 0 Å². The molecule has 0 spiro atoms. The van der Waals surface area contributed by atoms with Crippen molar-refractivity contribution in [1.29, 1.82) is 0 Å². The van der Waals surface area contributed by atoms with Gasteiger partial charge in [0.1, 0.15) is 0 Å². The minimum atomic E-state index is -0.379. The number of hydrogen-bond donors (Lipinski definition) is 4. The smallest absolute Gasteiger partial charge is 0.319 e. The molecule has 1 saturated carbocycles. The van der Waals surface area contributed by atoms with Crippen LogP contribution in [0.15, 0.2) is 24.3 Å². The van der Waals surface area contributed by atoms with Crippen LogP contribution >= 0.6 is 0 Å². The lowest BCUT2D eigenvalue weighted by atomic mass is 10.1. The van der Waals surface area contributed by atoms with Crippen LogP contribution in [0.25, 0.3) is 0 Å². The summed E-state index contributed by atoms with van der Waals surface area (Å²) in [6.45, 7) is 2.06. The Morgan fingerprint density at radius 1 is 1.24 bits per heavy atom. The Kier molecular flexibility index (Phi) is 5.16. The van der Waals surface area contributed by atoms with Crippen molar-refractivity contribution in [2.45, 2.75) is 31.8 Å². The van der Waals surface area contributed by atoms with E-state index in [9.17, 15) is 9.59 Å². The van der Waals surface area contributed by atoms with Gasteiger partial charge < -0.3 is 21.3 Å². The molecule has 6 nitrogen and oxygen atoms in total. The number of benzene rings is 1. The average Bonchev–Trinajstić information content (AvgIpc) is 3.29. The summed E-state index contributed by atoms with van der Waals surface area (Å²) in [6, 6.07) is 7.78. The predicted octanol–water partition coefficient (Wildman–Crippen LogP) is 1.37. The van der Waals surface area contributed by atoms with Gasteiger partial charge in [-0.05, 0) is 44.5 Å². The van der Waals surface area contributed by atoms with Gasteiger partial charge in [0.25, 0.3) is 0 Å². The van der Waals surface area contributed by atoms with Gasteiger partial charge in [0.15, 0.2) is 0 Å². The predicted molar refractivity (Wildman–Crippen MR) is 82.1 cm³/mol. The van der Waals surface area contributed by atoms with Crippen molar-refractivity contribution in [1.82, 2.24) is 16.0 Å². The molecule has 0 saturated heterocycles. The Hall–Kier alpha value is -2.08. The van der Waals surface area contributed by atoms with E-state index < -0.39 is 0 Å². The fourth-order valence-electron chi connectivity index (χ4n) is 1.86. The molecule has 0 radical (unpaired) electrons. The number of nitrogens with one attached hydrogen (secondary N) is 4. The van der Waals surface area contributed by atoms with Crippen LogP contribution in [0, 0.1) is 0 Å². The van der Waals surface area contributed by atoms with E-state index in [-0.39, 0.29) is 24.5 Å². The second kappa shape index (κ2) is 7.08. The summed E-state index contributed by atoms with van der Waals surface area (Å²) in [4.78, 5) is 23.1. The Morgan fingerprint density at radius 3 is 2.48 bits per heavy atom. The molecule has 2 rings (SSSR count). The van der Waals surface area contributed by atoms with Crippen LogP contribution in [-0.4, -0.2) is 31.6 Å². The molecule has 1 atom stereocenters. The maximum atomic E-state index is 11.7. The van der Waals surface area contributed by atoms with Crippen LogP contribution in [0.5, 0.6) is 0 Å². The number of urea groups is 1. The van der Waals surface area contributed by atoms with Crippen molar-refractivity contribution in [2.75, 3.05) is 18.9 Å². The van der Waals surface area contributed by atoms with Crippen molar-refractivity contribution in [3.8, 4) is 0 Å². The zero-order chi connectivity index (χ0) is 15.2. The number of amides is 3. The molecule has 21 heavy (non-hydrogen) atoms. The summed E-state index contributed by atoms with van der Waals surface area (Å²) in [7, 11) is 1.90. The lowest BCUT2D eigenvalue weighted by Gasteiger charge is -2.12. The molecule has 0 aliphatic heterocycles. The van der Waals surface area contributed by atoms with Gasteiger partial charge in [0.2, 0.25) is 5.91 Å². The summed E-state index contributed by atoms with van der Waals surface area (Å²) in [5.41, 5.74) is 1.84. The standard InChI is InChI=1S/C15H22N4O2/c1-10(16-2)11-3-5-13(6-4-11)19-15(21)17-9-14(20)18-12-7-8-12/h3-6,10,12,16H,7-9H2,1-2H3,(H,18,20)(H2,17,19,21). The maximum absolute atomic E-state index is 11.7. The molecule has 1 fully saturated rings. The highest BCUT2D eigenvalue weighted by Gasteiger charge is 2.23. The largest absolute Gasteiger partial charge is 0.352 e. The van der Waals surface area contributed by atoms with E-state index >= 15 is 0 Å².